The van der Waals surface area contributed by atoms with Crippen molar-refractivity contribution in [2.24, 2.45) is 0 Å². The van der Waals surface area contributed by atoms with Gasteiger partial charge in [0.25, 0.3) is 0 Å². The highest BCUT2D eigenvalue weighted by Crippen LogP contribution is 2.25. The number of carbonyl (C=O) groups is 2. The lowest BCUT2D eigenvalue weighted by molar-refractivity contribution is -0.121. The van der Waals surface area contributed by atoms with Crippen LogP contribution in [0.3, 0.4) is 0 Å². The quantitative estimate of drug-likeness (QED) is 0.905. The van der Waals surface area contributed by atoms with Gasteiger partial charge in [-0.3, -0.25) is 14.5 Å². The van der Waals surface area contributed by atoms with Gasteiger partial charge in [-0.05, 0) is 31.0 Å². The molecular weight excluding hydrogens is 329 g/mol. The first kappa shape index (κ1) is 16.6. The van der Waals surface area contributed by atoms with Gasteiger partial charge in [0.15, 0.2) is 5.13 Å². The number of rotatable bonds is 5. The van der Waals surface area contributed by atoms with Crippen molar-refractivity contribution in [3.63, 3.8) is 0 Å². The third-order valence-corrected chi connectivity index (χ3v) is 4.82. The van der Waals surface area contributed by atoms with E-state index >= 15 is 0 Å². The van der Waals surface area contributed by atoms with Crippen LogP contribution < -0.4 is 10.2 Å². The lowest BCUT2D eigenvalue weighted by atomic mass is 10.1. The molecule has 126 valence electrons. The summed E-state index contributed by atoms with van der Waals surface area (Å²) in [5.74, 6) is -0.426. The van der Waals surface area contributed by atoms with Gasteiger partial charge in [-0.1, -0.05) is 12.1 Å². The normalized spacial score (nSPS) is 15.6. The first-order valence-electron chi connectivity index (χ1n) is 7.82. The molecule has 2 heterocycles. The number of nitrogens with one attached hydrogen (secondary N) is 1. The molecule has 2 amide bonds. The maximum absolute atomic E-state index is 13.2. The Morgan fingerprint density at radius 2 is 2.33 bits per heavy atom. The molecule has 1 unspecified atom stereocenters. The third kappa shape index (κ3) is 3.79. The van der Waals surface area contributed by atoms with Gasteiger partial charge in [0.05, 0.1) is 18.2 Å². The Morgan fingerprint density at radius 1 is 1.50 bits per heavy atom. The smallest absolute Gasteiger partial charge is 0.228 e. The van der Waals surface area contributed by atoms with Gasteiger partial charge in [-0.15, -0.1) is 11.3 Å². The number of nitrogens with zero attached hydrogens (tertiary/aromatic N) is 2. The summed E-state index contributed by atoms with van der Waals surface area (Å²) in [4.78, 5) is 29.9. The summed E-state index contributed by atoms with van der Waals surface area (Å²) >= 11 is 1.37. The Labute approximate surface area is 143 Å². The zero-order valence-corrected chi connectivity index (χ0v) is 14.1. The predicted octanol–water partition coefficient (Wildman–Crippen LogP) is 2.83. The maximum Gasteiger partial charge on any atom is 0.228 e. The van der Waals surface area contributed by atoms with Crippen LogP contribution in [0, 0.1) is 5.82 Å². The average molecular weight is 347 g/mol. The first-order chi connectivity index (χ1) is 11.5. The van der Waals surface area contributed by atoms with Crippen molar-refractivity contribution in [1.82, 2.24) is 10.3 Å². The summed E-state index contributed by atoms with van der Waals surface area (Å²) in [6.45, 7) is 2.50. The van der Waals surface area contributed by atoms with Crippen LogP contribution in [0.2, 0.25) is 0 Å². The number of benzene rings is 1. The molecule has 1 fully saturated rings. The number of hydrogen-bond donors (Lipinski definition) is 1. The Hall–Kier alpha value is -2.28. The van der Waals surface area contributed by atoms with Crippen LogP contribution in [-0.2, 0) is 16.0 Å². The van der Waals surface area contributed by atoms with Crippen molar-refractivity contribution in [3.05, 3.63) is 46.7 Å². The summed E-state index contributed by atoms with van der Waals surface area (Å²) < 4.78 is 13.2. The highest BCUT2D eigenvalue weighted by Gasteiger charge is 2.24. The summed E-state index contributed by atoms with van der Waals surface area (Å²) in [7, 11) is 0. The number of amides is 2. The van der Waals surface area contributed by atoms with E-state index < -0.39 is 0 Å². The van der Waals surface area contributed by atoms with Crippen molar-refractivity contribution >= 4 is 28.3 Å². The van der Waals surface area contributed by atoms with Gasteiger partial charge in [0.1, 0.15) is 5.82 Å². The summed E-state index contributed by atoms with van der Waals surface area (Å²) in [5, 5.41) is 5.29. The number of thiazole rings is 1. The van der Waals surface area contributed by atoms with Gasteiger partial charge in [-0.25, -0.2) is 9.37 Å². The maximum atomic E-state index is 13.2. The van der Waals surface area contributed by atoms with Crippen LogP contribution >= 0.6 is 11.3 Å². The second-order valence-corrected chi connectivity index (χ2v) is 6.63. The fourth-order valence-electron chi connectivity index (χ4n) is 2.67. The Kier molecular flexibility index (Phi) is 4.89. The molecule has 1 aliphatic heterocycles. The second-order valence-electron chi connectivity index (χ2n) is 5.79. The molecule has 1 aromatic heterocycles. The number of carbonyl (C=O) groups excluding carboxylic acids is 2. The molecule has 1 N–H and O–H groups in total. The van der Waals surface area contributed by atoms with E-state index in [4.69, 9.17) is 0 Å². The molecule has 0 bridgehead atoms. The van der Waals surface area contributed by atoms with Crippen LogP contribution in [-0.4, -0.2) is 23.3 Å². The highest BCUT2D eigenvalue weighted by atomic mass is 32.1. The van der Waals surface area contributed by atoms with Crippen LogP contribution in [0.4, 0.5) is 9.52 Å². The first-order valence-corrected chi connectivity index (χ1v) is 8.70. The van der Waals surface area contributed by atoms with Gasteiger partial charge >= 0.3 is 0 Å². The van der Waals surface area contributed by atoms with E-state index in [0.29, 0.717) is 29.4 Å². The Bertz CT molecular complexity index is 762. The number of hydrogen-bond acceptors (Lipinski definition) is 4. The number of anilines is 1. The largest absolute Gasteiger partial charge is 0.349 e. The Morgan fingerprint density at radius 3 is 3.04 bits per heavy atom. The van der Waals surface area contributed by atoms with Gasteiger partial charge in [-0.2, -0.15) is 0 Å². The third-order valence-electron chi connectivity index (χ3n) is 3.91. The van der Waals surface area contributed by atoms with E-state index in [1.54, 1.807) is 22.4 Å². The topological polar surface area (TPSA) is 62.3 Å². The average Bonchev–Trinajstić information content (AvgIpc) is 3.15. The zero-order chi connectivity index (χ0) is 17.1. The molecular formula is C17H18FN3O2S. The molecule has 2 aromatic rings. The van der Waals surface area contributed by atoms with Crippen LogP contribution in [0.5, 0.6) is 0 Å². The van der Waals surface area contributed by atoms with Crippen LogP contribution in [0.15, 0.2) is 29.6 Å². The minimum Gasteiger partial charge on any atom is -0.349 e. The summed E-state index contributed by atoms with van der Waals surface area (Å²) in [6.07, 6.45) is 1.54. The molecule has 3 rings (SSSR count). The van der Waals surface area contributed by atoms with Crippen molar-refractivity contribution in [2.75, 3.05) is 11.4 Å². The standard InChI is InChI=1S/C17H18FN3O2S/c1-11(12-4-2-5-13(18)8-12)19-15(22)9-14-10-24-17(20-14)21-7-3-6-16(21)23/h2,4-5,8,10-11H,3,6-7,9H2,1H3,(H,19,22). The van der Waals surface area contributed by atoms with Crippen molar-refractivity contribution in [2.45, 2.75) is 32.2 Å². The van der Waals surface area contributed by atoms with E-state index in [9.17, 15) is 14.0 Å². The predicted molar refractivity (Wildman–Crippen MR) is 90.4 cm³/mol. The van der Waals surface area contributed by atoms with Crippen molar-refractivity contribution < 1.29 is 14.0 Å². The SMILES string of the molecule is CC(NC(=O)Cc1csc(N2CCCC2=O)n1)c1cccc(F)c1. The van der Waals surface area contributed by atoms with E-state index in [0.717, 1.165) is 6.42 Å². The molecule has 24 heavy (non-hydrogen) atoms. The monoisotopic (exact) mass is 347 g/mol. The molecule has 1 saturated heterocycles. The van der Waals surface area contributed by atoms with E-state index in [-0.39, 0.29) is 30.1 Å². The van der Waals surface area contributed by atoms with E-state index in [1.807, 2.05) is 6.92 Å². The van der Waals surface area contributed by atoms with Crippen LogP contribution in [0.25, 0.3) is 0 Å². The molecule has 7 heteroatoms. The highest BCUT2D eigenvalue weighted by molar-refractivity contribution is 7.14. The second kappa shape index (κ2) is 7.09. The van der Waals surface area contributed by atoms with Gasteiger partial charge < -0.3 is 5.32 Å². The number of aromatic nitrogens is 1. The molecule has 0 aliphatic carbocycles. The lowest BCUT2D eigenvalue weighted by Crippen LogP contribution is -2.28. The van der Waals surface area contributed by atoms with Crippen LogP contribution in [0.1, 0.15) is 37.1 Å². The molecule has 1 aliphatic rings. The number of halogens is 1. The van der Waals surface area contributed by atoms with Crippen molar-refractivity contribution in [1.29, 1.82) is 0 Å². The molecule has 0 radical (unpaired) electrons. The van der Waals surface area contributed by atoms with Gasteiger partial charge in [0, 0.05) is 18.3 Å². The van der Waals surface area contributed by atoms with E-state index in [1.165, 1.54) is 23.5 Å². The fraction of sp³-hybridized carbons (Fsp3) is 0.353. The minimum absolute atomic E-state index is 0.0834. The lowest BCUT2D eigenvalue weighted by Gasteiger charge is -2.14. The van der Waals surface area contributed by atoms with Gasteiger partial charge in [0.2, 0.25) is 11.8 Å². The molecule has 1 atom stereocenters. The molecule has 1 aromatic carbocycles. The van der Waals surface area contributed by atoms with E-state index in [2.05, 4.69) is 10.3 Å². The zero-order valence-electron chi connectivity index (χ0n) is 13.3. The minimum atomic E-state index is -0.326. The summed E-state index contributed by atoms with van der Waals surface area (Å²) in [5.41, 5.74) is 1.35. The van der Waals surface area contributed by atoms with Crippen molar-refractivity contribution in [3.8, 4) is 0 Å². The molecule has 5 nitrogen and oxygen atoms in total. The molecule has 0 saturated carbocycles. The molecule has 0 spiro atoms. The summed E-state index contributed by atoms with van der Waals surface area (Å²) in [6, 6.07) is 5.88. The Balaban J connectivity index is 1.59. The fourth-order valence-corrected chi connectivity index (χ4v) is 3.54.